The van der Waals surface area contributed by atoms with Crippen LogP contribution >= 0.6 is 0 Å². The molecule has 1 N–H and O–H groups in total. The molecule has 0 heterocycles. The first-order valence-electron chi connectivity index (χ1n) is 5.93. The molecule has 15 heavy (non-hydrogen) atoms. The Hall–Kier alpha value is -0.370. The highest BCUT2D eigenvalue weighted by Gasteiger charge is 2.59. The molecule has 3 aliphatic carbocycles. The maximum Gasteiger partial charge on any atom is 0.139 e. The van der Waals surface area contributed by atoms with Crippen molar-refractivity contribution in [3.63, 3.8) is 0 Å². The van der Waals surface area contributed by atoms with Gasteiger partial charge in [0.15, 0.2) is 0 Å². The molecule has 0 saturated heterocycles. The standard InChI is InChI=1S/C13H22O2/c1-11(2,3)13-6-5-9(10(14)7-13)12(4,15)8-13/h9,15H,5-8H2,1-4H3/t9-,12-,13-/m1/s1. The van der Waals surface area contributed by atoms with Gasteiger partial charge in [-0.1, -0.05) is 20.8 Å². The fraction of sp³-hybridized carbons (Fsp3) is 0.923. The van der Waals surface area contributed by atoms with Crippen molar-refractivity contribution in [3.8, 4) is 0 Å². The third kappa shape index (κ3) is 1.45. The lowest BCUT2D eigenvalue weighted by molar-refractivity contribution is -0.174. The molecule has 3 fully saturated rings. The molecule has 3 aliphatic rings. The molecule has 0 aliphatic heterocycles. The van der Waals surface area contributed by atoms with Gasteiger partial charge in [0.05, 0.1) is 5.60 Å². The molecule has 3 saturated carbocycles. The van der Waals surface area contributed by atoms with E-state index < -0.39 is 5.60 Å². The predicted octanol–water partition coefficient (Wildman–Crippen LogP) is 2.54. The first-order chi connectivity index (χ1) is 6.68. The fourth-order valence-electron chi connectivity index (χ4n) is 3.65. The van der Waals surface area contributed by atoms with Gasteiger partial charge in [-0.15, -0.1) is 0 Å². The Bertz CT molecular complexity index is 298. The number of hydrogen-bond donors (Lipinski definition) is 1. The monoisotopic (exact) mass is 210 g/mol. The van der Waals surface area contributed by atoms with E-state index >= 15 is 0 Å². The lowest BCUT2D eigenvalue weighted by atomic mass is 9.47. The molecule has 3 atom stereocenters. The number of carbonyl (C=O) groups excluding carboxylic acids is 1. The zero-order valence-electron chi connectivity index (χ0n) is 10.3. The lowest BCUT2D eigenvalue weighted by Crippen LogP contribution is -2.59. The van der Waals surface area contributed by atoms with Crippen molar-refractivity contribution >= 4 is 5.78 Å². The van der Waals surface area contributed by atoms with Gasteiger partial charge < -0.3 is 5.11 Å². The van der Waals surface area contributed by atoms with Crippen LogP contribution in [-0.2, 0) is 4.79 Å². The molecule has 0 radical (unpaired) electrons. The number of fused-ring (bicyclic) bond motifs is 3. The van der Waals surface area contributed by atoms with E-state index in [0.717, 1.165) is 19.3 Å². The van der Waals surface area contributed by atoms with Crippen LogP contribution in [0.1, 0.15) is 53.4 Å². The second-order valence-corrected chi connectivity index (χ2v) is 6.80. The van der Waals surface area contributed by atoms with Crippen LogP contribution in [0.15, 0.2) is 0 Å². The Morgan fingerprint density at radius 1 is 1.40 bits per heavy atom. The van der Waals surface area contributed by atoms with Gasteiger partial charge >= 0.3 is 0 Å². The summed E-state index contributed by atoms with van der Waals surface area (Å²) >= 11 is 0. The van der Waals surface area contributed by atoms with Gasteiger partial charge in [-0.3, -0.25) is 4.79 Å². The van der Waals surface area contributed by atoms with E-state index in [-0.39, 0.29) is 22.5 Å². The van der Waals surface area contributed by atoms with Crippen molar-refractivity contribution in [1.29, 1.82) is 0 Å². The van der Waals surface area contributed by atoms with E-state index in [0.29, 0.717) is 6.42 Å². The SMILES string of the molecule is CC(C)(C)[C@]12CC[C@H](C(=O)C1)[C@](C)(O)C2. The summed E-state index contributed by atoms with van der Waals surface area (Å²) in [4.78, 5) is 12.0. The lowest BCUT2D eigenvalue weighted by Gasteiger charge is -2.58. The summed E-state index contributed by atoms with van der Waals surface area (Å²) in [5.74, 6) is 0.189. The minimum atomic E-state index is -0.763. The molecule has 0 amide bonds. The van der Waals surface area contributed by atoms with E-state index in [4.69, 9.17) is 0 Å². The van der Waals surface area contributed by atoms with Gasteiger partial charge in [0.2, 0.25) is 0 Å². The van der Waals surface area contributed by atoms with E-state index in [1.807, 2.05) is 6.92 Å². The van der Waals surface area contributed by atoms with Gasteiger partial charge in [0.25, 0.3) is 0 Å². The summed E-state index contributed by atoms with van der Waals surface area (Å²) in [6.07, 6.45) is 3.45. The summed E-state index contributed by atoms with van der Waals surface area (Å²) < 4.78 is 0. The van der Waals surface area contributed by atoms with E-state index in [1.165, 1.54) is 0 Å². The number of aliphatic hydroxyl groups is 1. The van der Waals surface area contributed by atoms with Crippen LogP contribution in [0.25, 0.3) is 0 Å². The maximum atomic E-state index is 12.0. The summed E-state index contributed by atoms with van der Waals surface area (Å²) in [7, 11) is 0. The van der Waals surface area contributed by atoms with Gasteiger partial charge in [0.1, 0.15) is 5.78 Å². The highest BCUT2D eigenvalue weighted by atomic mass is 16.3. The zero-order chi connectivity index (χ0) is 11.5. The Balaban J connectivity index is 2.40. The third-order valence-electron chi connectivity index (χ3n) is 4.85. The molecule has 3 rings (SSSR count). The van der Waals surface area contributed by atoms with Crippen LogP contribution in [0.4, 0.5) is 0 Å². The van der Waals surface area contributed by atoms with Crippen molar-refractivity contribution in [2.24, 2.45) is 16.7 Å². The van der Waals surface area contributed by atoms with Crippen LogP contribution < -0.4 is 0 Å². The Morgan fingerprint density at radius 2 is 2.00 bits per heavy atom. The number of hydrogen-bond acceptors (Lipinski definition) is 2. The summed E-state index contributed by atoms with van der Waals surface area (Å²) in [6, 6.07) is 0. The molecule has 0 spiro atoms. The third-order valence-corrected chi connectivity index (χ3v) is 4.85. The van der Waals surface area contributed by atoms with Crippen molar-refractivity contribution < 1.29 is 9.90 Å². The van der Waals surface area contributed by atoms with E-state index in [1.54, 1.807) is 0 Å². The highest BCUT2D eigenvalue weighted by molar-refractivity contribution is 5.85. The number of ketones is 1. The first kappa shape index (κ1) is 11.1. The van der Waals surface area contributed by atoms with Crippen LogP contribution in [0.5, 0.6) is 0 Å². The highest BCUT2D eigenvalue weighted by Crippen LogP contribution is 2.60. The van der Waals surface area contributed by atoms with Gasteiger partial charge in [-0.2, -0.15) is 0 Å². The van der Waals surface area contributed by atoms with Crippen molar-refractivity contribution in [3.05, 3.63) is 0 Å². The quantitative estimate of drug-likeness (QED) is 0.667. The Labute approximate surface area is 92.1 Å². The largest absolute Gasteiger partial charge is 0.389 e. The number of carbonyl (C=O) groups is 1. The number of rotatable bonds is 0. The molecule has 2 nitrogen and oxygen atoms in total. The van der Waals surface area contributed by atoms with Crippen LogP contribution in [0.3, 0.4) is 0 Å². The van der Waals surface area contributed by atoms with E-state index in [9.17, 15) is 9.90 Å². The van der Waals surface area contributed by atoms with Crippen LogP contribution in [-0.4, -0.2) is 16.5 Å². The molecule has 0 aromatic rings. The Morgan fingerprint density at radius 3 is 2.40 bits per heavy atom. The molecule has 2 bridgehead atoms. The molecule has 86 valence electrons. The normalized spacial score (nSPS) is 45.9. The minimum absolute atomic E-state index is 0.0301. The molecule has 0 aromatic carbocycles. The summed E-state index contributed by atoms with van der Waals surface area (Å²) in [5, 5.41) is 10.3. The van der Waals surface area contributed by atoms with Gasteiger partial charge in [0, 0.05) is 12.3 Å². The average molecular weight is 210 g/mol. The molecular formula is C13H22O2. The van der Waals surface area contributed by atoms with Gasteiger partial charge in [-0.05, 0) is 37.0 Å². The molecule has 0 unspecified atom stereocenters. The second kappa shape index (κ2) is 2.85. The Kier molecular flexibility index (Phi) is 2.11. The minimum Gasteiger partial charge on any atom is -0.389 e. The van der Waals surface area contributed by atoms with Gasteiger partial charge in [-0.25, -0.2) is 0 Å². The van der Waals surface area contributed by atoms with Crippen molar-refractivity contribution in [2.75, 3.05) is 0 Å². The number of Topliss-reactive ketones (excluding diaryl/α,β-unsaturated/α-hetero) is 1. The molecule has 2 heteroatoms. The topological polar surface area (TPSA) is 37.3 Å². The van der Waals surface area contributed by atoms with E-state index in [2.05, 4.69) is 20.8 Å². The van der Waals surface area contributed by atoms with Crippen molar-refractivity contribution in [1.82, 2.24) is 0 Å². The predicted molar refractivity (Wildman–Crippen MR) is 59.5 cm³/mol. The first-order valence-corrected chi connectivity index (χ1v) is 5.93. The maximum absolute atomic E-state index is 12.0. The van der Waals surface area contributed by atoms with Crippen LogP contribution in [0.2, 0.25) is 0 Å². The smallest absolute Gasteiger partial charge is 0.139 e. The second-order valence-electron chi connectivity index (χ2n) is 6.80. The fourth-order valence-corrected chi connectivity index (χ4v) is 3.65. The average Bonchev–Trinajstić information content (AvgIpc) is 1.98. The zero-order valence-corrected chi connectivity index (χ0v) is 10.3. The van der Waals surface area contributed by atoms with Crippen LogP contribution in [0, 0.1) is 16.7 Å². The molecule has 0 aromatic heterocycles. The summed E-state index contributed by atoms with van der Waals surface area (Å²) in [6.45, 7) is 8.43. The van der Waals surface area contributed by atoms with Crippen molar-refractivity contribution in [2.45, 2.75) is 59.0 Å². The summed E-state index contributed by atoms with van der Waals surface area (Å²) in [5.41, 5.74) is -0.624. The molecular weight excluding hydrogens is 188 g/mol.